The SMILES string of the molecule is CSC(O)C(=O)CCCc1ccccc1. The summed E-state index contributed by atoms with van der Waals surface area (Å²) in [5, 5.41) is 9.24. The molecule has 1 unspecified atom stereocenters. The molecule has 0 aliphatic carbocycles. The number of thioether (sulfide) groups is 1. The van der Waals surface area contributed by atoms with E-state index in [1.165, 1.54) is 17.3 Å². The molecule has 1 atom stereocenters. The number of aliphatic hydroxyl groups is 1. The molecule has 1 N–H and O–H groups in total. The van der Waals surface area contributed by atoms with Crippen molar-refractivity contribution in [1.82, 2.24) is 0 Å². The maximum atomic E-state index is 11.3. The van der Waals surface area contributed by atoms with Crippen molar-refractivity contribution in [1.29, 1.82) is 0 Å². The molecular weight excluding hydrogens is 208 g/mol. The number of aryl methyl sites for hydroxylation is 1. The zero-order valence-electron chi connectivity index (χ0n) is 8.85. The lowest BCUT2D eigenvalue weighted by molar-refractivity contribution is -0.123. The maximum absolute atomic E-state index is 11.3. The van der Waals surface area contributed by atoms with Crippen molar-refractivity contribution in [3.63, 3.8) is 0 Å². The number of ketones is 1. The van der Waals surface area contributed by atoms with E-state index < -0.39 is 5.44 Å². The van der Waals surface area contributed by atoms with Crippen LogP contribution in [0.2, 0.25) is 0 Å². The first kappa shape index (κ1) is 12.3. The third kappa shape index (κ3) is 4.49. The van der Waals surface area contributed by atoms with Gasteiger partial charge in [-0.1, -0.05) is 30.3 Å². The Morgan fingerprint density at radius 3 is 2.67 bits per heavy atom. The number of carbonyl (C=O) groups excluding carboxylic acids is 1. The van der Waals surface area contributed by atoms with Crippen LogP contribution in [0.5, 0.6) is 0 Å². The van der Waals surface area contributed by atoms with Crippen molar-refractivity contribution >= 4 is 17.5 Å². The van der Waals surface area contributed by atoms with Crippen molar-refractivity contribution in [2.24, 2.45) is 0 Å². The van der Waals surface area contributed by atoms with Gasteiger partial charge < -0.3 is 5.11 Å². The van der Waals surface area contributed by atoms with Crippen LogP contribution < -0.4 is 0 Å². The summed E-state index contributed by atoms with van der Waals surface area (Å²) < 4.78 is 0. The van der Waals surface area contributed by atoms with Crippen LogP contribution in [0.4, 0.5) is 0 Å². The molecule has 82 valence electrons. The number of aliphatic hydroxyl groups excluding tert-OH is 1. The number of Topliss-reactive ketones (excluding diaryl/α,β-unsaturated/α-hetero) is 1. The lowest BCUT2D eigenvalue weighted by atomic mass is 10.1. The lowest BCUT2D eigenvalue weighted by Crippen LogP contribution is -2.15. The molecule has 3 heteroatoms. The highest BCUT2D eigenvalue weighted by Crippen LogP contribution is 2.10. The van der Waals surface area contributed by atoms with Crippen molar-refractivity contribution in [2.45, 2.75) is 24.7 Å². The summed E-state index contributed by atoms with van der Waals surface area (Å²) in [6, 6.07) is 10.1. The third-order valence-electron chi connectivity index (χ3n) is 2.23. The molecule has 0 radical (unpaired) electrons. The highest BCUT2D eigenvalue weighted by Gasteiger charge is 2.11. The fourth-order valence-electron chi connectivity index (χ4n) is 1.37. The summed E-state index contributed by atoms with van der Waals surface area (Å²) >= 11 is 1.19. The Bertz CT molecular complexity index is 298. The van der Waals surface area contributed by atoms with E-state index in [9.17, 15) is 9.90 Å². The summed E-state index contributed by atoms with van der Waals surface area (Å²) in [6.07, 6.45) is 3.89. The van der Waals surface area contributed by atoms with E-state index in [0.29, 0.717) is 6.42 Å². The average Bonchev–Trinajstić information content (AvgIpc) is 2.29. The zero-order valence-corrected chi connectivity index (χ0v) is 9.67. The Hall–Kier alpha value is -0.800. The van der Waals surface area contributed by atoms with Crippen LogP contribution in [0.3, 0.4) is 0 Å². The first-order valence-electron chi connectivity index (χ1n) is 5.01. The van der Waals surface area contributed by atoms with Gasteiger partial charge in [0.25, 0.3) is 0 Å². The molecule has 15 heavy (non-hydrogen) atoms. The molecule has 0 fully saturated rings. The van der Waals surface area contributed by atoms with Crippen molar-refractivity contribution in [2.75, 3.05) is 6.26 Å². The van der Waals surface area contributed by atoms with Gasteiger partial charge in [-0.05, 0) is 24.7 Å². The van der Waals surface area contributed by atoms with Crippen LogP contribution in [0, 0.1) is 0 Å². The molecule has 0 amide bonds. The van der Waals surface area contributed by atoms with Gasteiger partial charge in [-0.2, -0.15) is 0 Å². The van der Waals surface area contributed by atoms with E-state index >= 15 is 0 Å². The molecule has 0 aromatic heterocycles. The van der Waals surface area contributed by atoms with Crippen LogP contribution in [0.25, 0.3) is 0 Å². The smallest absolute Gasteiger partial charge is 0.171 e. The molecule has 2 nitrogen and oxygen atoms in total. The van der Waals surface area contributed by atoms with Gasteiger partial charge in [-0.25, -0.2) is 0 Å². The lowest BCUT2D eigenvalue weighted by Gasteiger charge is -2.05. The summed E-state index contributed by atoms with van der Waals surface area (Å²) in [6.45, 7) is 0. The fourth-order valence-corrected chi connectivity index (χ4v) is 1.75. The topological polar surface area (TPSA) is 37.3 Å². The van der Waals surface area contributed by atoms with Gasteiger partial charge in [0.15, 0.2) is 11.2 Å². The number of hydrogen-bond acceptors (Lipinski definition) is 3. The molecule has 1 aromatic rings. The molecule has 0 aliphatic heterocycles. The first-order valence-corrected chi connectivity index (χ1v) is 6.30. The van der Waals surface area contributed by atoms with E-state index in [1.807, 2.05) is 18.2 Å². The van der Waals surface area contributed by atoms with Crippen LogP contribution in [-0.2, 0) is 11.2 Å². The zero-order chi connectivity index (χ0) is 11.1. The van der Waals surface area contributed by atoms with Gasteiger partial charge in [-0.3, -0.25) is 4.79 Å². The molecule has 1 rings (SSSR count). The van der Waals surface area contributed by atoms with Crippen LogP contribution in [0.15, 0.2) is 30.3 Å². The van der Waals surface area contributed by atoms with Gasteiger partial charge in [0.05, 0.1) is 0 Å². The predicted molar refractivity (Wildman–Crippen MR) is 63.9 cm³/mol. The molecule has 1 aromatic carbocycles. The first-order chi connectivity index (χ1) is 7.24. The number of benzene rings is 1. The number of rotatable bonds is 6. The monoisotopic (exact) mass is 224 g/mol. The second kappa shape index (κ2) is 6.64. The van der Waals surface area contributed by atoms with Crippen LogP contribution >= 0.6 is 11.8 Å². The van der Waals surface area contributed by atoms with Gasteiger partial charge in [-0.15, -0.1) is 11.8 Å². The Kier molecular flexibility index (Phi) is 5.43. The van der Waals surface area contributed by atoms with Gasteiger partial charge in [0, 0.05) is 6.42 Å². The predicted octanol–water partition coefficient (Wildman–Crippen LogP) is 2.26. The minimum Gasteiger partial charge on any atom is -0.375 e. The number of carbonyl (C=O) groups is 1. The fraction of sp³-hybridized carbons (Fsp3) is 0.417. The minimum absolute atomic E-state index is 0.0709. The third-order valence-corrected chi connectivity index (χ3v) is 2.94. The second-order valence-corrected chi connectivity index (χ2v) is 4.31. The van der Waals surface area contributed by atoms with Gasteiger partial charge in [0.1, 0.15) is 0 Å². The molecule has 0 saturated carbocycles. The van der Waals surface area contributed by atoms with Gasteiger partial charge >= 0.3 is 0 Å². The summed E-state index contributed by atoms with van der Waals surface area (Å²) in [7, 11) is 0. The van der Waals surface area contributed by atoms with E-state index in [0.717, 1.165) is 12.8 Å². The van der Waals surface area contributed by atoms with Crippen molar-refractivity contribution < 1.29 is 9.90 Å². The van der Waals surface area contributed by atoms with Gasteiger partial charge in [0.2, 0.25) is 0 Å². The highest BCUT2D eigenvalue weighted by atomic mass is 32.2. The Morgan fingerprint density at radius 2 is 2.07 bits per heavy atom. The summed E-state index contributed by atoms with van der Waals surface area (Å²) in [5.74, 6) is -0.0709. The highest BCUT2D eigenvalue weighted by molar-refractivity contribution is 7.99. The van der Waals surface area contributed by atoms with E-state index in [4.69, 9.17) is 0 Å². The minimum atomic E-state index is -0.847. The van der Waals surface area contributed by atoms with Crippen LogP contribution in [0.1, 0.15) is 18.4 Å². The van der Waals surface area contributed by atoms with Crippen molar-refractivity contribution in [3.8, 4) is 0 Å². The molecule has 0 aliphatic rings. The molecule has 0 spiro atoms. The van der Waals surface area contributed by atoms with E-state index in [1.54, 1.807) is 6.26 Å². The van der Waals surface area contributed by atoms with Crippen molar-refractivity contribution in [3.05, 3.63) is 35.9 Å². The normalized spacial score (nSPS) is 12.4. The second-order valence-electron chi connectivity index (χ2n) is 3.39. The molecule has 0 saturated heterocycles. The maximum Gasteiger partial charge on any atom is 0.171 e. The Morgan fingerprint density at radius 1 is 1.40 bits per heavy atom. The Balaban J connectivity index is 2.25. The Labute approximate surface area is 94.7 Å². The molecule has 0 heterocycles. The quantitative estimate of drug-likeness (QED) is 0.753. The van der Waals surface area contributed by atoms with E-state index in [-0.39, 0.29) is 5.78 Å². The van der Waals surface area contributed by atoms with Crippen LogP contribution in [-0.4, -0.2) is 22.6 Å². The molecule has 0 bridgehead atoms. The standard InChI is InChI=1S/C12H16O2S/c1-15-12(14)11(13)9-5-8-10-6-3-2-4-7-10/h2-4,6-7,12,14H,5,8-9H2,1H3. The van der Waals surface area contributed by atoms with E-state index in [2.05, 4.69) is 12.1 Å². The summed E-state index contributed by atoms with van der Waals surface area (Å²) in [5.41, 5.74) is 0.393. The molecular formula is C12H16O2S. The number of hydrogen-bond donors (Lipinski definition) is 1. The largest absolute Gasteiger partial charge is 0.375 e. The summed E-state index contributed by atoms with van der Waals surface area (Å²) in [4.78, 5) is 11.3. The average molecular weight is 224 g/mol.